The smallest absolute Gasteiger partial charge is 0.328 e. The molecule has 0 heterocycles. The number of aliphatic carboxylic acids is 1. The van der Waals surface area contributed by atoms with E-state index in [9.17, 15) is 13.6 Å². The van der Waals surface area contributed by atoms with Gasteiger partial charge in [0.2, 0.25) is 0 Å². The van der Waals surface area contributed by atoms with Gasteiger partial charge >= 0.3 is 5.97 Å². The molecule has 0 aromatic heterocycles. The van der Waals surface area contributed by atoms with Crippen LogP contribution >= 0.6 is 0 Å². The summed E-state index contributed by atoms with van der Waals surface area (Å²) in [4.78, 5) is 10.3. The molecule has 0 aliphatic rings. The molecular weight excluding hydrogens is 254 g/mol. The van der Waals surface area contributed by atoms with E-state index in [0.29, 0.717) is 12.0 Å². The van der Waals surface area contributed by atoms with Crippen molar-refractivity contribution in [3.63, 3.8) is 0 Å². The van der Waals surface area contributed by atoms with Crippen molar-refractivity contribution < 1.29 is 23.4 Å². The number of halogens is 2. The molecule has 19 heavy (non-hydrogen) atoms. The van der Waals surface area contributed by atoms with Crippen LogP contribution in [0.2, 0.25) is 0 Å². The molecule has 0 saturated carbocycles. The van der Waals surface area contributed by atoms with E-state index in [0.717, 1.165) is 24.3 Å². The highest BCUT2D eigenvalue weighted by Gasteiger charge is 2.12. The molecule has 0 atom stereocenters. The molecule has 0 fully saturated rings. The zero-order valence-electron chi connectivity index (χ0n) is 10.5. The lowest BCUT2D eigenvalue weighted by molar-refractivity contribution is -0.131. The highest BCUT2D eigenvalue weighted by atomic mass is 19.1. The summed E-state index contributed by atoms with van der Waals surface area (Å²) in [5.41, 5.74) is 0.827. The van der Waals surface area contributed by atoms with Gasteiger partial charge in [0.05, 0.1) is 0 Å². The Morgan fingerprint density at radius 2 is 2.00 bits per heavy atom. The maximum absolute atomic E-state index is 13.6. The van der Waals surface area contributed by atoms with E-state index in [4.69, 9.17) is 9.84 Å². The summed E-state index contributed by atoms with van der Waals surface area (Å²) in [6.07, 6.45) is 2.56. The number of ether oxygens (including phenoxy) is 1. The van der Waals surface area contributed by atoms with Crippen molar-refractivity contribution in [2.75, 3.05) is 6.61 Å². The van der Waals surface area contributed by atoms with Gasteiger partial charge in [0.15, 0.2) is 17.4 Å². The molecule has 1 N–H and O–H groups in total. The minimum absolute atomic E-state index is 0.0364. The van der Waals surface area contributed by atoms with Crippen molar-refractivity contribution >= 4 is 12.0 Å². The van der Waals surface area contributed by atoms with Crippen molar-refractivity contribution in [3.05, 3.63) is 47.6 Å². The molecule has 0 amide bonds. The Labute approximate surface area is 109 Å². The first-order chi connectivity index (χ1) is 8.93. The van der Waals surface area contributed by atoms with Gasteiger partial charge in [0, 0.05) is 6.08 Å². The van der Waals surface area contributed by atoms with Gasteiger partial charge in [0.1, 0.15) is 6.61 Å². The number of carboxylic acids is 1. The lowest BCUT2D eigenvalue weighted by atomic mass is 10.2. The summed E-state index contributed by atoms with van der Waals surface area (Å²) in [5, 5.41) is 8.43. The van der Waals surface area contributed by atoms with Crippen LogP contribution in [0.25, 0.3) is 6.08 Å². The lowest BCUT2D eigenvalue weighted by Crippen LogP contribution is -2.03. The average molecular weight is 268 g/mol. The van der Waals surface area contributed by atoms with Crippen LogP contribution < -0.4 is 4.74 Å². The van der Waals surface area contributed by atoms with Crippen LogP contribution in [-0.4, -0.2) is 17.7 Å². The van der Waals surface area contributed by atoms with E-state index < -0.39 is 23.4 Å². The van der Waals surface area contributed by atoms with Crippen LogP contribution in [0, 0.1) is 11.6 Å². The summed E-state index contributed by atoms with van der Waals surface area (Å²) in [6, 6.07) is 2.01. The molecule has 0 radical (unpaired) electrons. The second kappa shape index (κ2) is 6.68. The first-order valence-electron chi connectivity index (χ1n) is 5.63. The standard InChI is InChI=1S/C14H14F2O3/c1-3-9(2)8-19-14-11(15)6-10(7-12(14)16)4-5-13(17)18/h4-7H,2-3,8H2,1H3,(H,17,18). The SMILES string of the molecule is C=C(CC)COc1c(F)cc(C=CC(=O)O)cc1F. The molecular formula is C14H14F2O3. The number of carbonyl (C=O) groups is 1. The zero-order valence-corrected chi connectivity index (χ0v) is 10.5. The number of hydrogen-bond acceptors (Lipinski definition) is 2. The fraction of sp³-hybridized carbons (Fsp3) is 0.214. The maximum atomic E-state index is 13.6. The van der Waals surface area contributed by atoms with Crippen molar-refractivity contribution in [3.8, 4) is 5.75 Å². The van der Waals surface area contributed by atoms with Gasteiger partial charge in [-0.1, -0.05) is 13.5 Å². The largest absolute Gasteiger partial charge is 0.483 e. The molecule has 102 valence electrons. The molecule has 1 aromatic rings. The average Bonchev–Trinajstić information content (AvgIpc) is 2.34. The Morgan fingerprint density at radius 1 is 1.42 bits per heavy atom. The van der Waals surface area contributed by atoms with E-state index in [-0.39, 0.29) is 12.2 Å². The molecule has 0 unspecified atom stereocenters. The van der Waals surface area contributed by atoms with Crippen LogP contribution in [-0.2, 0) is 4.79 Å². The zero-order chi connectivity index (χ0) is 14.4. The molecule has 3 nitrogen and oxygen atoms in total. The molecule has 0 saturated heterocycles. The van der Waals surface area contributed by atoms with Gasteiger partial charge in [-0.3, -0.25) is 0 Å². The monoisotopic (exact) mass is 268 g/mol. The van der Waals surface area contributed by atoms with Gasteiger partial charge in [-0.15, -0.1) is 0 Å². The van der Waals surface area contributed by atoms with E-state index in [1.165, 1.54) is 0 Å². The summed E-state index contributed by atoms with van der Waals surface area (Å²) in [6.45, 7) is 5.56. The Hall–Kier alpha value is -2.17. The third-order valence-electron chi connectivity index (χ3n) is 2.36. The third-order valence-corrected chi connectivity index (χ3v) is 2.36. The van der Waals surface area contributed by atoms with Crippen molar-refractivity contribution in [1.82, 2.24) is 0 Å². The molecule has 0 spiro atoms. The maximum Gasteiger partial charge on any atom is 0.328 e. The Morgan fingerprint density at radius 3 is 2.47 bits per heavy atom. The van der Waals surface area contributed by atoms with Crippen LogP contribution in [0.3, 0.4) is 0 Å². The number of carboxylic acid groups (broad SMARTS) is 1. The summed E-state index contributed by atoms with van der Waals surface area (Å²) in [7, 11) is 0. The highest BCUT2D eigenvalue weighted by Crippen LogP contribution is 2.24. The summed E-state index contributed by atoms with van der Waals surface area (Å²) < 4.78 is 32.2. The molecule has 0 bridgehead atoms. The number of hydrogen-bond donors (Lipinski definition) is 1. The first kappa shape index (κ1) is 14.9. The second-order valence-corrected chi connectivity index (χ2v) is 3.88. The van der Waals surface area contributed by atoms with Gasteiger partial charge in [-0.25, -0.2) is 13.6 Å². The minimum Gasteiger partial charge on any atom is -0.483 e. The minimum atomic E-state index is -1.19. The Balaban J connectivity index is 2.91. The molecule has 0 aliphatic carbocycles. The van der Waals surface area contributed by atoms with Crippen molar-refractivity contribution in [2.45, 2.75) is 13.3 Å². The van der Waals surface area contributed by atoms with Crippen LogP contribution in [0.5, 0.6) is 5.75 Å². The molecule has 1 aromatic carbocycles. The fourth-order valence-corrected chi connectivity index (χ4v) is 1.26. The predicted molar refractivity (Wildman–Crippen MR) is 68.0 cm³/mol. The molecule has 5 heteroatoms. The van der Waals surface area contributed by atoms with E-state index in [1.54, 1.807) is 0 Å². The van der Waals surface area contributed by atoms with Crippen molar-refractivity contribution in [1.29, 1.82) is 0 Å². The van der Waals surface area contributed by atoms with Gasteiger partial charge < -0.3 is 9.84 Å². The second-order valence-electron chi connectivity index (χ2n) is 3.88. The normalized spacial score (nSPS) is 10.7. The van der Waals surface area contributed by atoms with Crippen LogP contribution in [0.15, 0.2) is 30.4 Å². The summed E-state index contributed by atoms with van der Waals surface area (Å²) >= 11 is 0. The first-order valence-corrected chi connectivity index (χ1v) is 5.63. The van der Waals surface area contributed by atoms with E-state index in [1.807, 2.05) is 6.92 Å². The van der Waals surface area contributed by atoms with E-state index in [2.05, 4.69) is 6.58 Å². The molecule has 0 aliphatic heterocycles. The highest BCUT2D eigenvalue weighted by molar-refractivity contribution is 5.85. The van der Waals surface area contributed by atoms with Gasteiger partial charge in [-0.2, -0.15) is 0 Å². The van der Waals surface area contributed by atoms with Crippen LogP contribution in [0.1, 0.15) is 18.9 Å². The number of benzene rings is 1. The topological polar surface area (TPSA) is 46.5 Å². The molecule has 1 rings (SSSR count). The Bertz CT molecular complexity index is 498. The Kier molecular flexibility index (Phi) is 5.23. The third kappa shape index (κ3) is 4.54. The van der Waals surface area contributed by atoms with Gasteiger partial charge in [0.25, 0.3) is 0 Å². The number of rotatable bonds is 6. The fourth-order valence-electron chi connectivity index (χ4n) is 1.26. The lowest BCUT2D eigenvalue weighted by Gasteiger charge is -2.09. The van der Waals surface area contributed by atoms with E-state index >= 15 is 0 Å². The quantitative estimate of drug-likeness (QED) is 0.635. The predicted octanol–water partition coefficient (Wildman–Crippen LogP) is 3.41. The summed E-state index contributed by atoms with van der Waals surface area (Å²) in [5.74, 6) is -3.44. The van der Waals surface area contributed by atoms with Crippen molar-refractivity contribution in [2.24, 2.45) is 0 Å². The van der Waals surface area contributed by atoms with Crippen LogP contribution in [0.4, 0.5) is 8.78 Å². The van der Waals surface area contributed by atoms with Gasteiger partial charge in [-0.05, 0) is 35.8 Å².